The Hall–Kier alpha value is -2.76. The molecule has 2 aromatic carbocycles. The van der Waals surface area contributed by atoms with E-state index in [1.54, 1.807) is 28.4 Å². The Balaban J connectivity index is 2.16. The van der Waals surface area contributed by atoms with Crippen molar-refractivity contribution >= 4 is 11.4 Å². The van der Waals surface area contributed by atoms with Gasteiger partial charge in [-0.2, -0.15) is 0 Å². The van der Waals surface area contributed by atoms with Gasteiger partial charge in [-0.15, -0.1) is 0 Å². The Morgan fingerprint density at radius 1 is 0.636 bits per heavy atom. The van der Waals surface area contributed by atoms with Crippen LogP contribution in [0.4, 0.5) is 11.4 Å². The molecule has 0 aromatic heterocycles. The van der Waals surface area contributed by atoms with Crippen LogP contribution in [0.3, 0.4) is 0 Å². The van der Waals surface area contributed by atoms with Crippen LogP contribution in [0.5, 0.6) is 23.0 Å². The van der Waals surface area contributed by atoms with Gasteiger partial charge in [-0.1, -0.05) is 0 Å². The zero-order valence-corrected chi connectivity index (χ0v) is 13.1. The second kappa shape index (κ2) is 7.31. The third-order valence-corrected chi connectivity index (χ3v) is 3.13. The molecule has 0 bridgehead atoms. The van der Waals surface area contributed by atoms with Gasteiger partial charge >= 0.3 is 0 Å². The van der Waals surface area contributed by atoms with Gasteiger partial charge in [0, 0.05) is 12.1 Å². The number of methoxy groups -OCH3 is 4. The van der Waals surface area contributed by atoms with E-state index in [4.69, 9.17) is 18.9 Å². The summed E-state index contributed by atoms with van der Waals surface area (Å²) in [5, 5.41) is 0. The third-order valence-electron chi connectivity index (χ3n) is 3.13. The van der Waals surface area contributed by atoms with Crippen molar-refractivity contribution < 1.29 is 18.9 Å². The molecule has 0 atom stereocenters. The zero-order valence-electron chi connectivity index (χ0n) is 13.1. The smallest absolute Gasteiger partial charge is 0.162 e. The Morgan fingerprint density at radius 3 is 1.95 bits per heavy atom. The molecule has 2 aromatic rings. The highest BCUT2D eigenvalue weighted by atomic mass is 16.5. The molecular formula is C16H20N2O4. The van der Waals surface area contributed by atoms with Crippen molar-refractivity contribution in [2.24, 2.45) is 0 Å². The molecule has 0 aliphatic rings. The molecule has 0 radical (unpaired) electrons. The second-order valence-electron chi connectivity index (χ2n) is 4.39. The lowest BCUT2D eigenvalue weighted by Crippen LogP contribution is -2.10. The summed E-state index contributed by atoms with van der Waals surface area (Å²) in [5.41, 5.74) is 7.77. The van der Waals surface area contributed by atoms with E-state index in [1.165, 1.54) is 0 Å². The maximum absolute atomic E-state index is 5.31. The van der Waals surface area contributed by atoms with E-state index in [9.17, 15) is 0 Å². The minimum absolute atomic E-state index is 0.645. The molecule has 0 amide bonds. The fourth-order valence-electron chi connectivity index (χ4n) is 1.97. The lowest BCUT2D eigenvalue weighted by atomic mass is 10.2. The Bertz CT molecular complexity index is 632. The van der Waals surface area contributed by atoms with Crippen molar-refractivity contribution in [2.75, 3.05) is 39.3 Å². The van der Waals surface area contributed by atoms with Gasteiger partial charge in [-0.25, -0.2) is 0 Å². The number of benzene rings is 2. The lowest BCUT2D eigenvalue weighted by molar-refractivity contribution is 0.355. The molecule has 0 spiro atoms. The molecule has 2 N–H and O–H groups in total. The van der Waals surface area contributed by atoms with Crippen LogP contribution >= 0.6 is 0 Å². The van der Waals surface area contributed by atoms with Crippen LogP contribution in [0, 0.1) is 0 Å². The summed E-state index contributed by atoms with van der Waals surface area (Å²) in [6.07, 6.45) is 0. The summed E-state index contributed by atoms with van der Waals surface area (Å²) >= 11 is 0. The van der Waals surface area contributed by atoms with Crippen LogP contribution in [-0.4, -0.2) is 28.4 Å². The highest BCUT2D eigenvalue weighted by Gasteiger charge is 2.07. The van der Waals surface area contributed by atoms with Gasteiger partial charge in [0.2, 0.25) is 0 Å². The molecule has 0 saturated heterocycles. The van der Waals surface area contributed by atoms with Crippen LogP contribution in [-0.2, 0) is 0 Å². The highest BCUT2D eigenvalue weighted by molar-refractivity contribution is 5.64. The van der Waals surface area contributed by atoms with Gasteiger partial charge in [0.05, 0.1) is 39.8 Å². The number of nitrogens with one attached hydrogen (secondary N) is 2. The molecule has 118 valence electrons. The first kappa shape index (κ1) is 15.6. The number of ether oxygens (including phenoxy) is 4. The molecule has 0 unspecified atom stereocenters. The predicted octanol–water partition coefficient (Wildman–Crippen LogP) is 3.16. The van der Waals surface area contributed by atoms with Crippen LogP contribution in [0.25, 0.3) is 0 Å². The van der Waals surface area contributed by atoms with Gasteiger partial charge < -0.3 is 24.4 Å². The largest absolute Gasteiger partial charge is 0.497 e. The minimum Gasteiger partial charge on any atom is -0.497 e. The number of hydrogen-bond acceptors (Lipinski definition) is 6. The summed E-state index contributed by atoms with van der Waals surface area (Å²) in [6.45, 7) is 0. The summed E-state index contributed by atoms with van der Waals surface area (Å²) in [5.74, 6) is 2.75. The van der Waals surface area contributed by atoms with E-state index in [2.05, 4.69) is 10.9 Å². The first-order valence-electron chi connectivity index (χ1n) is 6.68. The first-order chi connectivity index (χ1) is 10.7. The predicted molar refractivity (Wildman–Crippen MR) is 86.3 cm³/mol. The van der Waals surface area contributed by atoms with Gasteiger partial charge in [-0.05, 0) is 24.3 Å². The van der Waals surface area contributed by atoms with Gasteiger partial charge in [0.25, 0.3) is 0 Å². The van der Waals surface area contributed by atoms with Crippen molar-refractivity contribution in [1.82, 2.24) is 0 Å². The molecule has 22 heavy (non-hydrogen) atoms. The van der Waals surface area contributed by atoms with Crippen LogP contribution in [0.1, 0.15) is 0 Å². The molecule has 6 nitrogen and oxygen atoms in total. The number of hydrogen-bond donors (Lipinski definition) is 2. The SMILES string of the molecule is COc1ccc(OC)c(NNc2ccc(OC)c(OC)c2)c1. The van der Waals surface area contributed by atoms with Crippen molar-refractivity contribution in [3.63, 3.8) is 0 Å². The average molecular weight is 304 g/mol. The number of rotatable bonds is 7. The van der Waals surface area contributed by atoms with Crippen LogP contribution < -0.4 is 29.8 Å². The highest BCUT2D eigenvalue weighted by Crippen LogP contribution is 2.31. The maximum Gasteiger partial charge on any atom is 0.162 e. The van der Waals surface area contributed by atoms with E-state index in [1.807, 2.05) is 36.4 Å². The average Bonchev–Trinajstić information content (AvgIpc) is 2.59. The monoisotopic (exact) mass is 304 g/mol. The quantitative estimate of drug-likeness (QED) is 0.766. The van der Waals surface area contributed by atoms with E-state index >= 15 is 0 Å². The molecular weight excluding hydrogens is 284 g/mol. The normalized spacial score (nSPS) is 9.82. The zero-order chi connectivity index (χ0) is 15.9. The summed E-state index contributed by atoms with van der Waals surface area (Å²) in [7, 11) is 6.43. The number of anilines is 2. The fraction of sp³-hybridized carbons (Fsp3) is 0.250. The van der Waals surface area contributed by atoms with Gasteiger partial charge in [0.1, 0.15) is 11.5 Å². The van der Waals surface area contributed by atoms with Gasteiger partial charge in [0.15, 0.2) is 11.5 Å². The minimum atomic E-state index is 0.645. The third kappa shape index (κ3) is 3.46. The molecule has 0 saturated carbocycles. The molecule has 0 fully saturated rings. The molecule has 6 heteroatoms. The number of hydrazine groups is 1. The van der Waals surface area contributed by atoms with E-state index < -0.39 is 0 Å². The van der Waals surface area contributed by atoms with Crippen LogP contribution in [0.15, 0.2) is 36.4 Å². The summed E-state index contributed by atoms with van der Waals surface area (Å²) < 4.78 is 21.0. The van der Waals surface area contributed by atoms with Crippen LogP contribution in [0.2, 0.25) is 0 Å². The standard InChI is InChI=1S/C16H20N2O4/c1-19-12-6-8-14(20-2)13(10-12)18-17-11-5-7-15(21-3)16(9-11)22-4/h5-10,17-18H,1-4H3. The topological polar surface area (TPSA) is 61.0 Å². The van der Waals surface area contributed by atoms with E-state index in [-0.39, 0.29) is 0 Å². The van der Waals surface area contributed by atoms with Crippen molar-refractivity contribution in [3.05, 3.63) is 36.4 Å². The molecule has 0 heterocycles. The first-order valence-corrected chi connectivity index (χ1v) is 6.68. The lowest BCUT2D eigenvalue weighted by Gasteiger charge is -2.15. The van der Waals surface area contributed by atoms with Crippen molar-refractivity contribution in [3.8, 4) is 23.0 Å². The Morgan fingerprint density at radius 2 is 1.32 bits per heavy atom. The second-order valence-corrected chi connectivity index (χ2v) is 4.39. The summed E-state index contributed by atoms with van der Waals surface area (Å²) in [6, 6.07) is 11.0. The Kier molecular flexibility index (Phi) is 5.19. The maximum atomic E-state index is 5.31. The molecule has 0 aliphatic heterocycles. The Labute approximate surface area is 129 Å². The van der Waals surface area contributed by atoms with Gasteiger partial charge in [-0.3, -0.25) is 5.43 Å². The molecule has 0 aliphatic carbocycles. The van der Waals surface area contributed by atoms with E-state index in [0.717, 1.165) is 17.1 Å². The van der Waals surface area contributed by atoms with Crippen molar-refractivity contribution in [2.45, 2.75) is 0 Å². The molecule has 2 rings (SSSR count). The fourth-order valence-corrected chi connectivity index (χ4v) is 1.97. The van der Waals surface area contributed by atoms with Crippen molar-refractivity contribution in [1.29, 1.82) is 0 Å². The summed E-state index contributed by atoms with van der Waals surface area (Å²) in [4.78, 5) is 0. The van der Waals surface area contributed by atoms with E-state index in [0.29, 0.717) is 17.2 Å².